The molecule has 2 N–H and O–H groups in total. The molecule has 0 amide bonds. The Bertz CT molecular complexity index is 770. The van der Waals surface area contributed by atoms with Crippen LogP contribution in [0.1, 0.15) is 11.6 Å². The second kappa shape index (κ2) is 9.46. The molecule has 1 aliphatic heterocycles. The first-order valence-corrected chi connectivity index (χ1v) is 9.80. The number of phenolic OH excluding ortho intramolecular Hbond substituents is 1. The normalized spacial score (nSPS) is 16.4. The summed E-state index contributed by atoms with van der Waals surface area (Å²) in [4.78, 5) is 11.2. The zero-order valence-corrected chi connectivity index (χ0v) is 17.0. The summed E-state index contributed by atoms with van der Waals surface area (Å²) >= 11 is 0. The van der Waals surface area contributed by atoms with Gasteiger partial charge >= 0.3 is 0 Å². The number of hydrogen-bond donors (Lipinski definition) is 2. The lowest BCUT2D eigenvalue weighted by Gasteiger charge is -2.38. The predicted molar refractivity (Wildman–Crippen MR) is 116 cm³/mol. The van der Waals surface area contributed by atoms with Gasteiger partial charge in [0.15, 0.2) is 5.96 Å². The molecule has 1 aliphatic rings. The molecule has 0 aliphatic carbocycles. The fourth-order valence-corrected chi connectivity index (χ4v) is 3.68. The average Bonchev–Trinajstić information content (AvgIpc) is 2.72. The van der Waals surface area contributed by atoms with Crippen LogP contribution in [0.3, 0.4) is 0 Å². The van der Waals surface area contributed by atoms with Crippen molar-refractivity contribution in [1.82, 2.24) is 15.1 Å². The number of piperazine rings is 1. The molecular weight excluding hydrogens is 350 g/mol. The molecule has 2 aromatic carbocycles. The number of anilines is 1. The third-order valence-electron chi connectivity index (χ3n) is 5.27. The van der Waals surface area contributed by atoms with Crippen molar-refractivity contribution in [2.45, 2.75) is 6.04 Å². The predicted octanol–water partition coefficient (Wildman–Crippen LogP) is 2.39. The zero-order chi connectivity index (χ0) is 19.9. The van der Waals surface area contributed by atoms with Gasteiger partial charge in [0.05, 0.1) is 11.7 Å². The molecule has 0 radical (unpaired) electrons. The first kappa shape index (κ1) is 20.0. The van der Waals surface area contributed by atoms with E-state index in [0.29, 0.717) is 5.75 Å². The van der Waals surface area contributed by atoms with E-state index in [1.807, 2.05) is 31.3 Å². The van der Waals surface area contributed by atoms with Crippen LogP contribution in [0.25, 0.3) is 0 Å². The SMILES string of the molecule is CN=C(NCC(c1ccccc1)N(C)C)N1CCN(c2ccccc2O)CC1. The number of likely N-dealkylation sites (N-methyl/N-ethyl adjacent to an activating group) is 1. The van der Waals surface area contributed by atoms with Gasteiger partial charge in [0.2, 0.25) is 0 Å². The van der Waals surface area contributed by atoms with Crippen LogP contribution < -0.4 is 10.2 Å². The third-order valence-corrected chi connectivity index (χ3v) is 5.27. The Morgan fingerprint density at radius 1 is 1.04 bits per heavy atom. The molecule has 6 heteroatoms. The molecule has 28 heavy (non-hydrogen) atoms. The maximum absolute atomic E-state index is 10.1. The maximum atomic E-state index is 10.1. The Kier molecular flexibility index (Phi) is 6.76. The van der Waals surface area contributed by atoms with Gasteiger partial charge in [-0.05, 0) is 31.8 Å². The number of nitrogens with zero attached hydrogens (tertiary/aromatic N) is 4. The number of hydrogen-bond acceptors (Lipinski definition) is 4. The van der Waals surface area contributed by atoms with E-state index in [9.17, 15) is 5.11 Å². The van der Waals surface area contributed by atoms with E-state index >= 15 is 0 Å². The van der Waals surface area contributed by atoms with Crippen LogP contribution in [0.5, 0.6) is 5.75 Å². The van der Waals surface area contributed by atoms with Gasteiger partial charge in [-0.15, -0.1) is 0 Å². The highest BCUT2D eigenvalue weighted by Crippen LogP contribution is 2.27. The summed E-state index contributed by atoms with van der Waals surface area (Å²) in [5.74, 6) is 1.27. The van der Waals surface area contributed by atoms with Gasteiger partial charge in [0.25, 0.3) is 0 Å². The van der Waals surface area contributed by atoms with E-state index < -0.39 is 0 Å². The molecular formula is C22H31N5O. The minimum Gasteiger partial charge on any atom is -0.506 e. The summed E-state index contributed by atoms with van der Waals surface area (Å²) < 4.78 is 0. The number of benzene rings is 2. The summed E-state index contributed by atoms with van der Waals surface area (Å²) in [7, 11) is 6.05. The topological polar surface area (TPSA) is 54.3 Å². The molecule has 1 heterocycles. The zero-order valence-electron chi connectivity index (χ0n) is 17.0. The second-order valence-electron chi connectivity index (χ2n) is 7.28. The average molecular weight is 382 g/mol. The van der Waals surface area contributed by atoms with Gasteiger partial charge < -0.3 is 25.1 Å². The highest BCUT2D eigenvalue weighted by Gasteiger charge is 2.22. The summed E-state index contributed by atoms with van der Waals surface area (Å²) in [6.45, 7) is 4.24. The molecule has 1 saturated heterocycles. The fraction of sp³-hybridized carbons (Fsp3) is 0.409. The van der Waals surface area contributed by atoms with E-state index in [2.05, 4.69) is 63.4 Å². The maximum Gasteiger partial charge on any atom is 0.193 e. The Hall–Kier alpha value is -2.73. The molecule has 150 valence electrons. The largest absolute Gasteiger partial charge is 0.506 e. The molecule has 1 unspecified atom stereocenters. The highest BCUT2D eigenvalue weighted by molar-refractivity contribution is 5.80. The van der Waals surface area contributed by atoms with Gasteiger partial charge in [0, 0.05) is 39.8 Å². The van der Waals surface area contributed by atoms with Crippen LogP contribution in [0.4, 0.5) is 5.69 Å². The number of rotatable bonds is 5. The van der Waals surface area contributed by atoms with Gasteiger partial charge in [-0.1, -0.05) is 42.5 Å². The Labute approximate surface area is 168 Å². The standard InChI is InChI=1S/C22H31N5O/c1-23-22(24-17-20(25(2)3)18-9-5-4-6-10-18)27-15-13-26(14-16-27)19-11-7-8-12-21(19)28/h4-12,20,28H,13-17H2,1-3H3,(H,23,24). The van der Waals surface area contributed by atoms with Crippen LogP contribution in [0.2, 0.25) is 0 Å². The van der Waals surface area contributed by atoms with E-state index in [-0.39, 0.29) is 6.04 Å². The molecule has 0 bridgehead atoms. The summed E-state index contributed by atoms with van der Waals surface area (Å²) in [5, 5.41) is 13.6. The van der Waals surface area contributed by atoms with Crippen LogP contribution >= 0.6 is 0 Å². The molecule has 1 fully saturated rings. The van der Waals surface area contributed by atoms with Crippen molar-refractivity contribution < 1.29 is 5.11 Å². The van der Waals surface area contributed by atoms with Crippen molar-refractivity contribution in [3.63, 3.8) is 0 Å². The van der Waals surface area contributed by atoms with E-state index in [1.54, 1.807) is 6.07 Å². The molecule has 2 aromatic rings. The summed E-state index contributed by atoms with van der Waals surface area (Å²) in [5.41, 5.74) is 2.20. The molecule has 1 atom stereocenters. The second-order valence-corrected chi connectivity index (χ2v) is 7.28. The Balaban J connectivity index is 1.58. The first-order chi connectivity index (χ1) is 13.6. The smallest absolute Gasteiger partial charge is 0.193 e. The Morgan fingerprint density at radius 2 is 1.68 bits per heavy atom. The third kappa shape index (κ3) is 4.75. The van der Waals surface area contributed by atoms with E-state index in [1.165, 1.54) is 5.56 Å². The number of phenols is 1. The monoisotopic (exact) mass is 381 g/mol. The highest BCUT2D eigenvalue weighted by atomic mass is 16.3. The molecule has 6 nitrogen and oxygen atoms in total. The molecule has 0 spiro atoms. The van der Waals surface area contributed by atoms with Crippen molar-refractivity contribution in [1.29, 1.82) is 0 Å². The fourth-order valence-electron chi connectivity index (χ4n) is 3.68. The first-order valence-electron chi connectivity index (χ1n) is 9.80. The van der Waals surface area contributed by atoms with Crippen LogP contribution in [0.15, 0.2) is 59.6 Å². The molecule has 0 aromatic heterocycles. The minimum atomic E-state index is 0.278. The number of nitrogens with one attached hydrogen (secondary N) is 1. The van der Waals surface area contributed by atoms with Gasteiger partial charge in [-0.3, -0.25) is 4.99 Å². The van der Waals surface area contributed by atoms with Crippen molar-refractivity contribution in [3.8, 4) is 5.75 Å². The Morgan fingerprint density at radius 3 is 2.29 bits per heavy atom. The van der Waals surface area contributed by atoms with Crippen molar-refractivity contribution >= 4 is 11.6 Å². The minimum absolute atomic E-state index is 0.278. The van der Waals surface area contributed by atoms with Gasteiger partial charge in [-0.25, -0.2) is 0 Å². The van der Waals surface area contributed by atoms with Crippen molar-refractivity contribution in [3.05, 3.63) is 60.2 Å². The van der Waals surface area contributed by atoms with Crippen molar-refractivity contribution in [2.75, 3.05) is 58.8 Å². The summed E-state index contributed by atoms with van der Waals surface area (Å²) in [6, 6.07) is 18.4. The quantitative estimate of drug-likeness (QED) is 0.615. The number of aromatic hydroxyl groups is 1. The van der Waals surface area contributed by atoms with Crippen LogP contribution in [-0.4, -0.2) is 74.7 Å². The van der Waals surface area contributed by atoms with E-state index in [0.717, 1.165) is 44.4 Å². The van der Waals surface area contributed by atoms with Crippen LogP contribution in [0, 0.1) is 0 Å². The lowest BCUT2D eigenvalue weighted by atomic mass is 10.1. The van der Waals surface area contributed by atoms with Crippen molar-refractivity contribution in [2.24, 2.45) is 4.99 Å². The van der Waals surface area contributed by atoms with Crippen LogP contribution in [-0.2, 0) is 0 Å². The summed E-state index contributed by atoms with van der Waals surface area (Å²) in [6.07, 6.45) is 0. The molecule has 3 rings (SSSR count). The lowest BCUT2D eigenvalue weighted by Crippen LogP contribution is -2.53. The lowest BCUT2D eigenvalue weighted by molar-refractivity contribution is 0.292. The van der Waals surface area contributed by atoms with Gasteiger partial charge in [0.1, 0.15) is 5.75 Å². The number of para-hydroxylation sites is 2. The number of aliphatic imine (C=N–C) groups is 1. The van der Waals surface area contributed by atoms with Gasteiger partial charge in [-0.2, -0.15) is 0 Å². The van der Waals surface area contributed by atoms with E-state index in [4.69, 9.17) is 0 Å². The number of guanidine groups is 1. The molecule has 0 saturated carbocycles.